The molecule has 6 heteroatoms. The Labute approximate surface area is 146 Å². The summed E-state index contributed by atoms with van der Waals surface area (Å²) in [6.07, 6.45) is -1.53. The first-order chi connectivity index (χ1) is 10.4. The SMILES string of the molecule is CC(C)(C)OC(=O)N(C(=O)OC(C)(C)C)c1ccccc1CBr. The number of carbonyl (C=O) groups is 2. The summed E-state index contributed by atoms with van der Waals surface area (Å²) >= 11 is 3.37. The number of hydrogen-bond donors (Lipinski definition) is 0. The first kappa shape index (κ1) is 19.5. The van der Waals surface area contributed by atoms with Gasteiger partial charge in [-0.3, -0.25) is 0 Å². The number of alkyl halides is 1. The number of rotatable bonds is 2. The van der Waals surface area contributed by atoms with E-state index in [9.17, 15) is 9.59 Å². The van der Waals surface area contributed by atoms with E-state index in [2.05, 4.69) is 15.9 Å². The number of ether oxygens (including phenoxy) is 2. The first-order valence-corrected chi connectivity index (χ1v) is 8.47. The summed E-state index contributed by atoms with van der Waals surface area (Å²) in [7, 11) is 0. The van der Waals surface area contributed by atoms with Gasteiger partial charge in [0.2, 0.25) is 0 Å². The molecule has 0 spiro atoms. The number of anilines is 1. The van der Waals surface area contributed by atoms with Crippen molar-refractivity contribution in [2.75, 3.05) is 4.90 Å². The van der Waals surface area contributed by atoms with Crippen molar-refractivity contribution >= 4 is 33.8 Å². The first-order valence-electron chi connectivity index (χ1n) is 7.34. The van der Waals surface area contributed by atoms with E-state index in [-0.39, 0.29) is 0 Å². The molecule has 0 aliphatic rings. The third-order valence-corrected chi connectivity index (χ3v) is 3.13. The van der Waals surface area contributed by atoms with Crippen LogP contribution < -0.4 is 4.90 Å². The molecule has 0 radical (unpaired) electrons. The van der Waals surface area contributed by atoms with Crippen LogP contribution in [0.15, 0.2) is 24.3 Å². The second-order valence-electron chi connectivity index (χ2n) is 7.06. The van der Waals surface area contributed by atoms with Crippen LogP contribution in [0, 0.1) is 0 Å². The molecule has 0 bridgehead atoms. The van der Waals surface area contributed by atoms with Gasteiger partial charge in [-0.25, -0.2) is 9.59 Å². The minimum Gasteiger partial charge on any atom is -0.443 e. The molecule has 0 atom stereocenters. The van der Waals surface area contributed by atoms with E-state index >= 15 is 0 Å². The fraction of sp³-hybridized carbons (Fsp3) is 0.529. The molecule has 128 valence electrons. The number of amides is 2. The molecule has 0 unspecified atom stereocenters. The van der Waals surface area contributed by atoms with E-state index in [4.69, 9.17) is 9.47 Å². The molecule has 2 amide bonds. The van der Waals surface area contributed by atoms with Crippen molar-refractivity contribution in [1.29, 1.82) is 0 Å². The fourth-order valence-corrected chi connectivity index (χ4v) is 2.20. The fourth-order valence-electron chi connectivity index (χ4n) is 1.73. The lowest BCUT2D eigenvalue weighted by Crippen LogP contribution is -2.44. The van der Waals surface area contributed by atoms with Crippen LogP contribution in [0.5, 0.6) is 0 Å². The zero-order valence-corrected chi connectivity index (χ0v) is 16.1. The number of hydrogen-bond acceptors (Lipinski definition) is 4. The van der Waals surface area contributed by atoms with Gasteiger partial charge in [0.25, 0.3) is 0 Å². The molecule has 0 aliphatic carbocycles. The topological polar surface area (TPSA) is 55.8 Å². The maximum absolute atomic E-state index is 12.5. The molecule has 0 heterocycles. The molecule has 0 saturated heterocycles. The Morgan fingerprint density at radius 1 is 0.957 bits per heavy atom. The third-order valence-electron chi connectivity index (χ3n) is 2.53. The molecule has 0 fully saturated rings. The second-order valence-corrected chi connectivity index (χ2v) is 7.62. The number of nitrogens with zero attached hydrogens (tertiary/aromatic N) is 1. The van der Waals surface area contributed by atoms with Crippen molar-refractivity contribution in [3.63, 3.8) is 0 Å². The number of halogens is 1. The van der Waals surface area contributed by atoms with Crippen LogP contribution in [0.4, 0.5) is 15.3 Å². The molecule has 1 aromatic carbocycles. The van der Waals surface area contributed by atoms with Crippen molar-refractivity contribution in [2.24, 2.45) is 0 Å². The van der Waals surface area contributed by atoms with Crippen LogP contribution in [0.2, 0.25) is 0 Å². The molecular formula is C17H24BrNO4. The monoisotopic (exact) mass is 385 g/mol. The lowest BCUT2D eigenvalue weighted by molar-refractivity contribution is 0.0430. The minimum atomic E-state index is -0.764. The van der Waals surface area contributed by atoms with Gasteiger partial charge in [0, 0.05) is 5.33 Å². The lowest BCUT2D eigenvalue weighted by Gasteiger charge is -2.29. The van der Waals surface area contributed by atoms with Crippen molar-refractivity contribution in [1.82, 2.24) is 0 Å². The number of benzene rings is 1. The Morgan fingerprint density at radius 3 is 1.78 bits per heavy atom. The predicted octanol–water partition coefficient (Wildman–Crippen LogP) is 5.26. The van der Waals surface area contributed by atoms with Gasteiger partial charge in [-0.1, -0.05) is 34.1 Å². The highest BCUT2D eigenvalue weighted by atomic mass is 79.9. The molecule has 0 saturated carbocycles. The van der Waals surface area contributed by atoms with Crippen LogP contribution in [-0.4, -0.2) is 23.4 Å². The Hall–Kier alpha value is -1.56. The Bertz CT molecular complexity index is 545. The van der Waals surface area contributed by atoms with Gasteiger partial charge >= 0.3 is 12.2 Å². The average molecular weight is 386 g/mol. The van der Waals surface area contributed by atoms with E-state index in [0.717, 1.165) is 10.5 Å². The van der Waals surface area contributed by atoms with E-state index in [0.29, 0.717) is 11.0 Å². The van der Waals surface area contributed by atoms with Crippen molar-refractivity contribution in [2.45, 2.75) is 58.1 Å². The van der Waals surface area contributed by atoms with Gasteiger partial charge in [-0.05, 0) is 53.2 Å². The molecule has 1 rings (SSSR count). The highest BCUT2D eigenvalue weighted by Gasteiger charge is 2.33. The third kappa shape index (κ3) is 6.22. The maximum atomic E-state index is 12.5. The highest BCUT2D eigenvalue weighted by Crippen LogP contribution is 2.26. The minimum absolute atomic E-state index is 0.438. The average Bonchev–Trinajstić information content (AvgIpc) is 2.35. The van der Waals surface area contributed by atoms with Crippen LogP contribution in [-0.2, 0) is 14.8 Å². The molecule has 0 aromatic heterocycles. The quantitative estimate of drug-likeness (QED) is 0.651. The van der Waals surface area contributed by atoms with Gasteiger partial charge in [0.1, 0.15) is 11.2 Å². The summed E-state index contributed by atoms with van der Waals surface area (Å²) in [5.74, 6) is 0. The lowest BCUT2D eigenvalue weighted by atomic mass is 10.2. The van der Waals surface area contributed by atoms with Crippen LogP contribution in [0.1, 0.15) is 47.1 Å². The highest BCUT2D eigenvalue weighted by molar-refractivity contribution is 9.08. The van der Waals surface area contributed by atoms with E-state index in [1.165, 1.54) is 0 Å². The van der Waals surface area contributed by atoms with E-state index < -0.39 is 23.4 Å². The largest absolute Gasteiger partial charge is 0.443 e. The summed E-state index contributed by atoms with van der Waals surface area (Å²) in [6, 6.07) is 7.10. The molecule has 0 N–H and O–H groups in total. The Morgan fingerprint density at radius 2 is 1.39 bits per heavy atom. The van der Waals surface area contributed by atoms with Gasteiger partial charge < -0.3 is 9.47 Å². The van der Waals surface area contributed by atoms with Crippen LogP contribution in [0.3, 0.4) is 0 Å². The molecule has 1 aromatic rings. The zero-order valence-electron chi connectivity index (χ0n) is 14.5. The Kier molecular flexibility index (Phi) is 6.22. The second kappa shape index (κ2) is 7.34. The normalized spacial score (nSPS) is 11.8. The molecular weight excluding hydrogens is 362 g/mol. The van der Waals surface area contributed by atoms with Gasteiger partial charge in [-0.15, -0.1) is 0 Å². The number of imide groups is 1. The summed E-state index contributed by atoms with van der Waals surface area (Å²) in [5.41, 5.74) is -0.224. The predicted molar refractivity (Wildman–Crippen MR) is 94.0 cm³/mol. The molecule has 5 nitrogen and oxygen atoms in total. The Balaban J connectivity index is 3.26. The summed E-state index contributed by atoms with van der Waals surface area (Å²) in [6.45, 7) is 10.5. The number of carbonyl (C=O) groups excluding carboxylic acids is 2. The smallest absolute Gasteiger partial charge is 0.424 e. The molecule has 23 heavy (non-hydrogen) atoms. The summed E-state index contributed by atoms with van der Waals surface area (Å²) < 4.78 is 10.7. The molecule has 0 aliphatic heterocycles. The van der Waals surface area contributed by atoms with Crippen molar-refractivity contribution in [3.05, 3.63) is 29.8 Å². The van der Waals surface area contributed by atoms with E-state index in [1.54, 1.807) is 53.7 Å². The standard InChI is InChI=1S/C17H24BrNO4/c1-16(2,3)22-14(20)19(15(21)23-17(4,5)6)13-10-8-7-9-12(13)11-18/h7-10H,11H2,1-6H3. The summed E-state index contributed by atoms with van der Waals surface area (Å²) in [4.78, 5) is 26.0. The van der Waals surface area contributed by atoms with Crippen LogP contribution >= 0.6 is 15.9 Å². The van der Waals surface area contributed by atoms with Crippen LogP contribution in [0.25, 0.3) is 0 Å². The summed E-state index contributed by atoms with van der Waals surface area (Å²) in [5, 5.41) is 0.491. The van der Waals surface area contributed by atoms with Crippen molar-refractivity contribution < 1.29 is 19.1 Å². The van der Waals surface area contributed by atoms with E-state index in [1.807, 2.05) is 12.1 Å². The van der Waals surface area contributed by atoms with Gasteiger partial charge in [0.15, 0.2) is 0 Å². The maximum Gasteiger partial charge on any atom is 0.424 e. The van der Waals surface area contributed by atoms with Crippen molar-refractivity contribution in [3.8, 4) is 0 Å². The number of para-hydroxylation sites is 1. The zero-order chi connectivity index (χ0) is 17.8. The van der Waals surface area contributed by atoms with Gasteiger partial charge in [-0.2, -0.15) is 4.90 Å². The van der Waals surface area contributed by atoms with Gasteiger partial charge in [0.05, 0.1) is 5.69 Å².